The van der Waals surface area contributed by atoms with Crippen LogP contribution in [0, 0.1) is 11.3 Å². The Morgan fingerprint density at radius 2 is 2.05 bits per heavy atom. The van der Waals surface area contributed by atoms with Gasteiger partial charge in [0.05, 0.1) is 0 Å². The van der Waals surface area contributed by atoms with Crippen LogP contribution in [0.4, 0.5) is 5.69 Å². The predicted octanol–water partition coefficient (Wildman–Crippen LogP) is 3.56. The van der Waals surface area contributed by atoms with E-state index >= 15 is 0 Å². The number of anilines is 1. The quantitative estimate of drug-likeness (QED) is 0.872. The average Bonchev–Trinajstić information content (AvgIpc) is 2.97. The lowest BCUT2D eigenvalue weighted by Gasteiger charge is -2.27. The highest BCUT2D eigenvalue weighted by Gasteiger charge is 2.33. The molecule has 3 rings (SSSR count). The number of benzene rings is 1. The smallest absolute Gasteiger partial charge is 0.0376 e. The lowest BCUT2D eigenvalue weighted by molar-refractivity contribution is 0.225. The first-order chi connectivity index (χ1) is 9.04. The molecule has 104 valence electrons. The molecule has 0 spiro atoms. The number of fused-ring (bicyclic) bond motifs is 1. The SMILES string of the molecule is CC(C)(C)C1CCN(CC2CNc3ccccc32)C1. The molecule has 2 nitrogen and oxygen atoms in total. The summed E-state index contributed by atoms with van der Waals surface area (Å²) in [6.07, 6.45) is 1.37. The van der Waals surface area contributed by atoms with Gasteiger partial charge in [0.15, 0.2) is 0 Å². The first-order valence-electron chi connectivity index (χ1n) is 7.59. The van der Waals surface area contributed by atoms with E-state index in [1.54, 1.807) is 0 Å². The van der Waals surface area contributed by atoms with Crippen LogP contribution in [0.3, 0.4) is 0 Å². The van der Waals surface area contributed by atoms with E-state index in [0.29, 0.717) is 11.3 Å². The van der Waals surface area contributed by atoms with Crippen LogP contribution >= 0.6 is 0 Å². The maximum absolute atomic E-state index is 3.54. The number of nitrogens with one attached hydrogen (secondary N) is 1. The van der Waals surface area contributed by atoms with Gasteiger partial charge in [0.25, 0.3) is 0 Å². The zero-order valence-electron chi connectivity index (χ0n) is 12.4. The molecule has 0 amide bonds. The van der Waals surface area contributed by atoms with Crippen LogP contribution in [-0.4, -0.2) is 31.1 Å². The number of para-hydroxylation sites is 1. The Labute approximate surface area is 117 Å². The molecule has 19 heavy (non-hydrogen) atoms. The molecule has 1 saturated heterocycles. The molecular weight excluding hydrogens is 232 g/mol. The maximum Gasteiger partial charge on any atom is 0.0376 e. The molecule has 2 aliphatic heterocycles. The molecule has 0 saturated carbocycles. The monoisotopic (exact) mass is 258 g/mol. The molecule has 0 bridgehead atoms. The van der Waals surface area contributed by atoms with Crippen molar-refractivity contribution in [2.24, 2.45) is 11.3 Å². The number of hydrogen-bond donors (Lipinski definition) is 1. The molecule has 0 radical (unpaired) electrons. The Morgan fingerprint density at radius 1 is 1.26 bits per heavy atom. The lowest BCUT2D eigenvalue weighted by atomic mass is 9.80. The molecule has 1 fully saturated rings. The van der Waals surface area contributed by atoms with Crippen molar-refractivity contribution in [3.8, 4) is 0 Å². The zero-order chi connectivity index (χ0) is 13.5. The van der Waals surface area contributed by atoms with E-state index in [-0.39, 0.29) is 0 Å². The van der Waals surface area contributed by atoms with Gasteiger partial charge in [-0.25, -0.2) is 0 Å². The van der Waals surface area contributed by atoms with E-state index in [9.17, 15) is 0 Å². The molecule has 1 N–H and O–H groups in total. The van der Waals surface area contributed by atoms with Crippen LogP contribution in [0.2, 0.25) is 0 Å². The molecule has 1 aromatic carbocycles. The fourth-order valence-electron chi connectivity index (χ4n) is 3.54. The highest BCUT2D eigenvalue weighted by Crippen LogP contribution is 2.36. The summed E-state index contributed by atoms with van der Waals surface area (Å²) in [4.78, 5) is 2.67. The van der Waals surface area contributed by atoms with E-state index in [0.717, 1.165) is 12.5 Å². The van der Waals surface area contributed by atoms with Crippen molar-refractivity contribution in [2.45, 2.75) is 33.1 Å². The first kappa shape index (κ1) is 13.0. The first-order valence-corrected chi connectivity index (χ1v) is 7.59. The average molecular weight is 258 g/mol. The number of likely N-dealkylation sites (tertiary alicyclic amines) is 1. The summed E-state index contributed by atoms with van der Waals surface area (Å²) >= 11 is 0. The Bertz CT molecular complexity index is 447. The van der Waals surface area contributed by atoms with E-state index in [4.69, 9.17) is 0 Å². The summed E-state index contributed by atoms with van der Waals surface area (Å²) in [5.41, 5.74) is 3.32. The second-order valence-electron chi connectivity index (χ2n) is 7.28. The van der Waals surface area contributed by atoms with Gasteiger partial charge in [-0.3, -0.25) is 0 Å². The van der Waals surface area contributed by atoms with Crippen molar-refractivity contribution in [3.05, 3.63) is 29.8 Å². The molecule has 2 heterocycles. The van der Waals surface area contributed by atoms with Crippen molar-refractivity contribution in [1.82, 2.24) is 4.90 Å². The molecule has 2 heteroatoms. The van der Waals surface area contributed by atoms with Crippen LogP contribution < -0.4 is 5.32 Å². The van der Waals surface area contributed by atoms with Crippen molar-refractivity contribution in [2.75, 3.05) is 31.5 Å². The Balaban J connectivity index is 1.62. The minimum absolute atomic E-state index is 0.459. The molecular formula is C17H26N2. The van der Waals surface area contributed by atoms with E-state index < -0.39 is 0 Å². The second kappa shape index (κ2) is 4.82. The van der Waals surface area contributed by atoms with Crippen LogP contribution in [0.15, 0.2) is 24.3 Å². The van der Waals surface area contributed by atoms with Gasteiger partial charge < -0.3 is 10.2 Å². The van der Waals surface area contributed by atoms with Gasteiger partial charge >= 0.3 is 0 Å². The van der Waals surface area contributed by atoms with Crippen LogP contribution in [-0.2, 0) is 0 Å². The third-order valence-corrected chi connectivity index (χ3v) is 4.92. The second-order valence-corrected chi connectivity index (χ2v) is 7.28. The van der Waals surface area contributed by atoms with Crippen molar-refractivity contribution >= 4 is 5.69 Å². The predicted molar refractivity (Wildman–Crippen MR) is 81.7 cm³/mol. The summed E-state index contributed by atoms with van der Waals surface area (Å²) in [6, 6.07) is 8.79. The largest absolute Gasteiger partial charge is 0.384 e. The minimum Gasteiger partial charge on any atom is -0.384 e. The molecule has 2 aliphatic rings. The van der Waals surface area contributed by atoms with Gasteiger partial charge in [0.1, 0.15) is 0 Å². The van der Waals surface area contributed by atoms with Crippen LogP contribution in [0.5, 0.6) is 0 Å². The van der Waals surface area contributed by atoms with Crippen molar-refractivity contribution < 1.29 is 0 Å². The third-order valence-electron chi connectivity index (χ3n) is 4.92. The molecule has 0 aromatic heterocycles. The van der Waals surface area contributed by atoms with E-state index in [1.807, 2.05) is 0 Å². The number of rotatable bonds is 2. The summed E-state index contributed by atoms with van der Waals surface area (Å²) in [6.45, 7) is 12.0. The van der Waals surface area contributed by atoms with E-state index in [2.05, 4.69) is 55.3 Å². The maximum atomic E-state index is 3.54. The van der Waals surface area contributed by atoms with Gasteiger partial charge in [-0.05, 0) is 35.9 Å². The highest BCUT2D eigenvalue weighted by atomic mass is 15.2. The topological polar surface area (TPSA) is 15.3 Å². The summed E-state index contributed by atoms with van der Waals surface area (Å²) in [5, 5.41) is 3.54. The van der Waals surface area contributed by atoms with Crippen molar-refractivity contribution in [1.29, 1.82) is 0 Å². The summed E-state index contributed by atoms with van der Waals surface area (Å²) in [5.74, 6) is 1.53. The summed E-state index contributed by atoms with van der Waals surface area (Å²) < 4.78 is 0. The van der Waals surface area contributed by atoms with Crippen LogP contribution in [0.25, 0.3) is 0 Å². The lowest BCUT2D eigenvalue weighted by Crippen LogP contribution is -2.30. The highest BCUT2D eigenvalue weighted by molar-refractivity contribution is 5.57. The normalized spacial score (nSPS) is 27.3. The fraction of sp³-hybridized carbons (Fsp3) is 0.647. The fourth-order valence-corrected chi connectivity index (χ4v) is 3.54. The van der Waals surface area contributed by atoms with Gasteiger partial charge in [-0.2, -0.15) is 0 Å². The van der Waals surface area contributed by atoms with Gasteiger partial charge in [0.2, 0.25) is 0 Å². The molecule has 1 aromatic rings. The summed E-state index contributed by atoms with van der Waals surface area (Å²) in [7, 11) is 0. The number of hydrogen-bond acceptors (Lipinski definition) is 2. The van der Waals surface area contributed by atoms with Crippen molar-refractivity contribution in [3.63, 3.8) is 0 Å². The Morgan fingerprint density at radius 3 is 2.79 bits per heavy atom. The zero-order valence-corrected chi connectivity index (χ0v) is 12.4. The number of nitrogens with zero attached hydrogens (tertiary/aromatic N) is 1. The van der Waals surface area contributed by atoms with Crippen LogP contribution in [0.1, 0.15) is 38.7 Å². The minimum atomic E-state index is 0.459. The van der Waals surface area contributed by atoms with Gasteiger partial charge in [-0.1, -0.05) is 39.0 Å². The van der Waals surface area contributed by atoms with Gasteiger partial charge in [-0.15, -0.1) is 0 Å². The van der Waals surface area contributed by atoms with E-state index in [1.165, 1.54) is 37.3 Å². The standard InChI is InChI=1S/C17H26N2/c1-17(2,3)14-8-9-19(12-14)11-13-10-18-16-7-5-4-6-15(13)16/h4-7,13-14,18H,8-12H2,1-3H3. The Hall–Kier alpha value is -1.02. The van der Waals surface area contributed by atoms with Gasteiger partial charge in [0, 0.05) is 31.2 Å². The third kappa shape index (κ3) is 2.64. The molecule has 0 aliphatic carbocycles. The molecule has 2 atom stereocenters. The Kier molecular flexibility index (Phi) is 3.30. The molecule has 2 unspecified atom stereocenters.